The van der Waals surface area contributed by atoms with Crippen LogP contribution in [0.1, 0.15) is 18.4 Å². The standard InChI is InChI=1S/C11H10ClNS/c12-10-7-8(5-6-13)1-4-11(10)14-9-2-3-9/h1,4,7,9H,2-3,5H2. The normalized spacial score (nSPS) is 15.1. The molecule has 1 nitrogen and oxygen atoms in total. The highest BCUT2D eigenvalue weighted by Crippen LogP contribution is 2.41. The second-order valence-corrected chi connectivity index (χ2v) is 5.17. The number of thioether (sulfide) groups is 1. The molecule has 0 radical (unpaired) electrons. The first-order valence-corrected chi connectivity index (χ1v) is 5.87. The lowest BCUT2D eigenvalue weighted by Gasteiger charge is -2.03. The molecule has 0 bridgehead atoms. The van der Waals surface area contributed by atoms with Gasteiger partial charge in [0.15, 0.2) is 0 Å². The molecule has 1 aromatic carbocycles. The van der Waals surface area contributed by atoms with Crippen LogP contribution in [0.25, 0.3) is 0 Å². The zero-order chi connectivity index (χ0) is 9.97. The van der Waals surface area contributed by atoms with E-state index in [0.29, 0.717) is 6.42 Å². The molecule has 0 unspecified atom stereocenters. The average molecular weight is 224 g/mol. The van der Waals surface area contributed by atoms with Crippen LogP contribution in [0.2, 0.25) is 5.02 Å². The van der Waals surface area contributed by atoms with Crippen molar-refractivity contribution >= 4 is 23.4 Å². The number of halogens is 1. The van der Waals surface area contributed by atoms with Crippen LogP contribution >= 0.6 is 23.4 Å². The van der Waals surface area contributed by atoms with E-state index in [1.807, 2.05) is 30.0 Å². The Morgan fingerprint density at radius 2 is 2.29 bits per heavy atom. The van der Waals surface area contributed by atoms with Crippen LogP contribution in [0.15, 0.2) is 23.1 Å². The van der Waals surface area contributed by atoms with Crippen molar-refractivity contribution in [2.75, 3.05) is 0 Å². The number of hydrogen-bond donors (Lipinski definition) is 0. The fraction of sp³-hybridized carbons (Fsp3) is 0.364. The van der Waals surface area contributed by atoms with E-state index in [-0.39, 0.29) is 0 Å². The van der Waals surface area contributed by atoms with Gasteiger partial charge in [0.1, 0.15) is 0 Å². The molecule has 1 saturated carbocycles. The highest BCUT2D eigenvalue weighted by Gasteiger charge is 2.23. The largest absolute Gasteiger partial charge is 0.198 e. The summed E-state index contributed by atoms with van der Waals surface area (Å²) in [5, 5.41) is 10.1. The van der Waals surface area contributed by atoms with Gasteiger partial charge in [0.25, 0.3) is 0 Å². The molecule has 0 aliphatic heterocycles. The van der Waals surface area contributed by atoms with E-state index in [1.165, 1.54) is 12.8 Å². The molecule has 1 aliphatic carbocycles. The summed E-state index contributed by atoms with van der Waals surface area (Å²) in [6.07, 6.45) is 3.05. The van der Waals surface area contributed by atoms with Gasteiger partial charge in [0.05, 0.1) is 17.5 Å². The number of benzene rings is 1. The van der Waals surface area contributed by atoms with Crippen LogP contribution in [-0.4, -0.2) is 5.25 Å². The van der Waals surface area contributed by atoms with E-state index in [9.17, 15) is 0 Å². The fourth-order valence-electron chi connectivity index (χ4n) is 1.21. The Bertz CT molecular complexity index is 379. The molecule has 1 aliphatic rings. The van der Waals surface area contributed by atoms with Crippen LogP contribution in [0.3, 0.4) is 0 Å². The molecule has 1 fully saturated rings. The third kappa shape index (κ3) is 2.43. The minimum Gasteiger partial charge on any atom is -0.198 e. The maximum Gasteiger partial charge on any atom is 0.0669 e. The Morgan fingerprint density at radius 1 is 1.50 bits per heavy atom. The summed E-state index contributed by atoms with van der Waals surface area (Å²) < 4.78 is 0. The van der Waals surface area contributed by atoms with Gasteiger partial charge in [-0.25, -0.2) is 0 Å². The maximum atomic E-state index is 8.54. The summed E-state index contributed by atoms with van der Waals surface area (Å²) >= 11 is 7.95. The first-order chi connectivity index (χ1) is 6.79. The predicted molar refractivity (Wildman–Crippen MR) is 59.6 cm³/mol. The van der Waals surface area contributed by atoms with E-state index in [1.54, 1.807) is 0 Å². The fourth-order valence-corrected chi connectivity index (χ4v) is 2.59. The first kappa shape index (κ1) is 9.89. The third-order valence-electron chi connectivity index (χ3n) is 2.10. The van der Waals surface area contributed by atoms with E-state index < -0.39 is 0 Å². The van der Waals surface area contributed by atoms with Gasteiger partial charge in [-0.2, -0.15) is 5.26 Å². The SMILES string of the molecule is N#CCc1ccc(SC2CC2)c(Cl)c1. The molecule has 1 aromatic rings. The number of nitriles is 1. The zero-order valence-corrected chi connectivity index (χ0v) is 9.24. The highest BCUT2D eigenvalue weighted by molar-refractivity contribution is 8.00. The predicted octanol–water partition coefficient (Wildman–Crippen LogP) is 3.66. The van der Waals surface area contributed by atoms with Gasteiger partial charge < -0.3 is 0 Å². The monoisotopic (exact) mass is 223 g/mol. The minimum absolute atomic E-state index is 0.439. The Kier molecular flexibility index (Phi) is 3.00. The zero-order valence-electron chi connectivity index (χ0n) is 7.66. The first-order valence-electron chi connectivity index (χ1n) is 4.61. The molecule has 0 saturated heterocycles. The molecule has 0 N–H and O–H groups in total. The quantitative estimate of drug-likeness (QED) is 0.781. The molecule has 3 heteroatoms. The molecule has 0 spiro atoms. The van der Waals surface area contributed by atoms with Crippen LogP contribution < -0.4 is 0 Å². The summed E-state index contributed by atoms with van der Waals surface area (Å²) in [6.45, 7) is 0. The maximum absolute atomic E-state index is 8.54. The van der Waals surface area contributed by atoms with Crippen molar-refractivity contribution in [3.05, 3.63) is 28.8 Å². The lowest BCUT2D eigenvalue weighted by atomic mass is 10.2. The lowest BCUT2D eigenvalue weighted by molar-refractivity contribution is 1.24. The summed E-state index contributed by atoms with van der Waals surface area (Å²) in [4.78, 5) is 1.15. The Hall–Kier alpha value is -0.650. The van der Waals surface area contributed by atoms with Crippen molar-refractivity contribution in [2.45, 2.75) is 29.4 Å². The molecular formula is C11H10ClNS. The van der Waals surface area contributed by atoms with Crippen LogP contribution in [0.4, 0.5) is 0 Å². The molecule has 0 atom stereocenters. The molecule has 0 heterocycles. The molecular weight excluding hydrogens is 214 g/mol. The van der Waals surface area contributed by atoms with Crippen molar-refractivity contribution in [1.29, 1.82) is 5.26 Å². The topological polar surface area (TPSA) is 23.8 Å². The van der Waals surface area contributed by atoms with Crippen molar-refractivity contribution in [3.8, 4) is 6.07 Å². The minimum atomic E-state index is 0.439. The van der Waals surface area contributed by atoms with Gasteiger partial charge >= 0.3 is 0 Å². The van der Waals surface area contributed by atoms with Crippen molar-refractivity contribution in [2.24, 2.45) is 0 Å². The third-order valence-corrected chi connectivity index (χ3v) is 3.94. The molecule has 72 valence electrons. The molecule has 2 rings (SSSR count). The van der Waals surface area contributed by atoms with Crippen LogP contribution in [0, 0.1) is 11.3 Å². The molecule has 0 amide bonds. The van der Waals surface area contributed by atoms with Gasteiger partial charge in [0.2, 0.25) is 0 Å². The van der Waals surface area contributed by atoms with Gasteiger partial charge in [-0.05, 0) is 30.5 Å². The summed E-state index contributed by atoms with van der Waals surface area (Å²) in [5.74, 6) is 0. The average Bonchev–Trinajstić information content (AvgIpc) is 2.94. The van der Waals surface area contributed by atoms with Gasteiger partial charge in [-0.3, -0.25) is 0 Å². The van der Waals surface area contributed by atoms with Crippen molar-refractivity contribution < 1.29 is 0 Å². The summed E-state index contributed by atoms with van der Waals surface area (Å²) in [6, 6.07) is 8.03. The van der Waals surface area contributed by atoms with Gasteiger partial charge in [-0.15, -0.1) is 11.8 Å². The summed E-state index contributed by atoms with van der Waals surface area (Å²) in [5.41, 5.74) is 0.998. The highest BCUT2D eigenvalue weighted by atomic mass is 35.5. The van der Waals surface area contributed by atoms with E-state index in [4.69, 9.17) is 16.9 Å². The van der Waals surface area contributed by atoms with Crippen LogP contribution in [-0.2, 0) is 6.42 Å². The van der Waals surface area contributed by atoms with Crippen LogP contribution in [0.5, 0.6) is 0 Å². The van der Waals surface area contributed by atoms with Gasteiger partial charge in [0, 0.05) is 10.1 Å². The Labute approximate surface area is 93.1 Å². The number of hydrogen-bond acceptors (Lipinski definition) is 2. The number of nitrogens with zero attached hydrogens (tertiary/aromatic N) is 1. The Balaban J connectivity index is 2.13. The Morgan fingerprint density at radius 3 is 2.86 bits per heavy atom. The molecule has 14 heavy (non-hydrogen) atoms. The lowest BCUT2D eigenvalue weighted by Crippen LogP contribution is -1.83. The van der Waals surface area contributed by atoms with Crippen molar-refractivity contribution in [3.63, 3.8) is 0 Å². The molecule has 0 aromatic heterocycles. The van der Waals surface area contributed by atoms with Crippen molar-refractivity contribution in [1.82, 2.24) is 0 Å². The van der Waals surface area contributed by atoms with Gasteiger partial charge in [-0.1, -0.05) is 17.7 Å². The number of rotatable bonds is 3. The second kappa shape index (κ2) is 4.25. The smallest absolute Gasteiger partial charge is 0.0669 e. The van der Waals surface area contributed by atoms with E-state index in [2.05, 4.69) is 6.07 Å². The second-order valence-electron chi connectivity index (χ2n) is 3.42. The van der Waals surface area contributed by atoms with E-state index in [0.717, 1.165) is 20.7 Å². The summed E-state index contributed by atoms with van der Waals surface area (Å²) in [7, 11) is 0. The van der Waals surface area contributed by atoms with E-state index >= 15 is 0 Å².